The van der Waals surface area contributed by atoms with Gasteiger partial charge in [-0.3, -0.25) is 4.79 Å². The summed E-state index contributed by atoms with van der Waals surface area (Å²) in [5.41, 5.74) is 2.31. The molecule has 0 amide bonds. The van der Waals surface area contributed by atoms with E-state index < -0.39 is 0 Å². The minimum atomic E-state index is -0.0439. The molecular formula is C16H15IO3. The molecule has 0 radical (unpaired) electrons. The predicted octanol–water partition coefficient (Wildman–Crippen LogP) is 3.85. The van der Waals surface area contributed by atoms with Crippen molar-refractivity contribution in [3.63, 3.8) is 0 Å². The summed E-state index contributed by atoms with van der Waals surface area (Å²) in [5.74, 6) is 1.14. The first-order chi connectivity index (χ1) is 9.58. The average Bonchev–Trinajstić information content (AvgIpc) is 2.48. The first-order valence-corrected chi connectivity index (χ1v) is 7.18. The molecule has 0 bridgehead atoms. The Bertz CT molecular complexity index is 650. The highest BCUT2D eigenvalue weighted by atomic mass is 127. The SMILES string of the molecule is COc1ccc(C(=O)c2cccc(C)c2I)c(OC)c1. The van der Waals surface area contributed by atoms with Gasteiger partial charge >= 0.3 is 0 Å². The van der Waals surface area contributed by atoms with Gasteiger partial charge in [0.2, 0.25) is 0 Å². The van der Waals surface area contributed by atoms with E-state index in [1.165, 1.54) is 0 Å². The Balaban J connectivity index is 2.50. The van der Waals surface area contributed by atoms with Gasteiger partial charge < -0.3 is 9.47 Å². The van der Waals surface area contributed by atoms with Gasteiger partial charge in [0.15, 0.2) is 5.78 Å². The lowest BCUT2D eigenvalue weighted by Gasteiger charge is -2.11. The first kappa shape index (κ1) is 14.8. The van der Waals surface area contributed by atoms with Crippen LogP contribution in [0.5, 0.6) is 11.5 Å². The zero-order valence-electron chi connectivity index (χ0n) is 11.6. The van der Waals surface area contributed by atoms with Crippen LogP contribution in [0.15, 0.2) is 36.4 Å². The minimum Gasteiger partial charge on any atom is -0.497 e. The summed E-state index contributed by atoms with van der Waals surface area (Å²) in [7, 11) is 3.13. The van der Waals surface area contributed by atoms with Gasteiger partial charge in [0.05, 0.1) is 19.8 Å². The Hall–Kier alpha value is -1.56. The maximum absolute atomic E-state index is 12.7. The molecule has 0 atom stereocenters. The number of hydrogen-bond donors (Lipinski definition) is 0. The molecule has 4 heteroatoms. The Morgan fingerprint density at radius 2 is 1.80 bits per heavy atom. The molecular weight excluding hydrogens is 367 g/mol. The van der Waals surface area contributed by atoms with Crippen molar-refractivity contribution in [1.82, 2.24) is 0 Å². The van der Waals surface area contributed by atoms with Gasteiger partial charge in [-0.1, -0.05) is 12.1 Å². The Morgan fingerprint density at radius 1 is 1.05 bits per heavy atom. The summed E-state index contributed by atoms with van der Waals surface area (Å²) in [4.78, 5) is 12.7. The lowest BCUT2D eigenvalue weighted by Crippen LogP contribution is -2.07. The number of carbonyl (C=O) groups excluding carboxylic acids is 1. The molecule has 20 heavy (non-hydrogen) atoms. The Kier molecular flexibility index (Phi) is 4.65. The van der Waals surface area contributed by atoms with Gasteiger partial charge in [0.1, 0.15) is 11.5 Å². The van der Waals surface area contributed by atoms with Crippen LogP contribution >= 0.6 is 22.6 Å². The van der Waals surface area contributed by atoms with E-state index in [4.69, 9.17) is 9.47 Å². The molecule has 0 unspecified atom stereocenters. The van der Waals surface area contributed by atoms with Crippen molar-refractivity contribution in [2.24, 2.45) is 0 Å². The van der Waals surface area contributed by atoms with Crippen LogP contribution in [-0.2, 0) is 0 Å². The third-order valence-electron chi connectivity index (χ3n) is 3.09. The molecule has 0 aromatic heterocycles. The van der Waals surface area contributed by atoms with Gasteiger partial charge in [0.25, 0.3) is 0 Å². The number of aryl methyl sites for hydroxylation is 1. The van der Waals surface area contributed by atoms with Crippen molar-refractivity contribution in [3.8, 4) is 11.5 Å². The van der Waals surface area contributed by atoms with Crippen LogP contribution in [0.3, 0.4) is 0 Å². The molecule has 0 saturated carbocycles. The lowest BCUT2D eigenvalue weighted by atomic mass is 10.0. The van der Waals surface area contributed by atoms with E-state index in [1.807, 2.05) is 25.1 Å². The van der Waals surface area contributed by atoms with Crippen LogP contribution in [0.1, 0.15) is 21.5 Å². The minimum absolute atomic E-state index is 0.0439. The molecule has 0 heterocycles. The van der Waals surface area contributed by atoms with Crippen LogP contribution in [0, 0.1) is 10.5 Å². The lowest BCUT2D eigenvalue weighted by molar-refractivity contribution is 0.103. The summed E-state index contributed by atoms with van der Waals surface area (Å²) in [6.45, 7) is 1.99. The summed E-state index contributed by atoms with van der Waals surface area (Å²) < 4.78 is 11.4. The number of rotatable bonds is 4. The van der Waals surface area contributed by atoms with Gasteiger partial charge in [0, 0.05) is 15.2 Å². The quantitative estimate of drug-likeness (QED) is 0.596. The molecule has 0 aliphatic heterocycles. The molecule has 0 saturated heterocycles. The topological polar surface area (TPSA) is 35.5 Å². The molecule has 0 fully saturated rings. The number of carbonyl (C=O) groups is 1. The second-order valence-corrected chi connectivity index (χ2v) is 5.41. The van der Waals surface area contributed by atoms with E-state index >= 15 is 0 Å². The number of benzene rings is 2. The summed E-state index contributed by atoms with van der Waals surface area (Å²) in [6, 6.07) is 10.9. The Morgan fingerprint density at radius 3 is 2.45 bits per heavy atom. The molecule has 2 rings (SSSR count). The van der Waals surface area contributed by atoms with Crippen molar-refractivity contribution in [1.29, 1.82) is 0 Å². The number of halogens is 1. The molecule has 3 nitrogen and oxygen atoms in total. The van der Waals surface area contributed by atoms with Crippen LogP contribution in [-0.4, -0.2) is 20.0 Å². The predicted molar refractivity (Wildman–Crippen MR) is 86.9 cm³/mol. The second-order valence-electron chi connectivity index (χ2n) is 4.33. The van der Waals surface area contributed by atoms with E-state index in [9.17, 15) is 4.79 Å². The molecule has 0 aliphatic carbocycles. The van der Waals surface area contributed by atoms with Crippen LogP contribution in [0.25, 0.3) is 0 Å². The molecule has 2 aromatic carbocycles. The molecule has 0 spiro atoms. The molecule has 2 aromatic rings. The molecule has 104 valence electrons. The molecule has 0 aliphatic rings. The van der Waals surface area contributed by atoms with Crippen LogP contribution in [0.4, 0.5) is 0 Å². The third-order valence-corrected chi connectivity index (χ3v) is 4.52. The molecule has 0 N–H and O–H groups in total. The van der Waals surface area contributed by atoms with Gasteiger partial charge in [-0.2, -0.15) is 0 Å². The monoisotopic (exact) mass is 382 g/mol. The number of ketones is 1. The van der Waals surface area contributed by atoms with Crippen molar-refractivity contribution < 1.29 is 14.3 Å². The summed E-state index contributed by atoms with van der Waals surface area (Å²) in [5, 5.41) is 0. The van der Waals surface area contributed by atoms with E-state index in [0.717, 1.165) is 9.13 Å². The Labute approximate surface area is 132 Å². The largest absolute Gasteiger partial charge is 0.497 e. The van der Waals surface area contributed by atoms with Gasteiger partial charge in [-0.15, -0.1) is 0 Å². The van der Waals surface area contributed by atoms with Gasteiger partial charge in [-0.25, -0.2) is 0 Å². The van der Waals surface area contributed by atoms with Crippen LogP contribution < -0.4 is 9.47 Å². The standard InChI is InChI=1S/C16H15IO3/c1-10-5-4-6-13(15(10)17)16(18)12-8-7-11(19-2)9-14(12)20-3/h4-9H,1-3H3. The fourth-order valence-electron chi connectivity index (χ4n) is 1.95. The maximum Gasteiger partial charge on any atom is 0.197 e. The zero-order chi connectivity index (χ0) is 14.7. The van der Waals surface area contributed by atoms with Crippen molar-refractivity contribution >= 4 is 28.4 Å². The number of ether oxygens (including phenoxy) is 2. The van der Waals surface area contributed by atoms with Crippen molar-refractivity contribution in [3.05, 3.63) is 56.7 Å². The van der Waals surface area contributed by atoms with Gasteiger partial charge in [-0.05, 0) is 53.3 Å². The second kappa shape index (κ2) is 6.26. The van der Waals surface area contributed by atoms with E-state index in [-0.39, 0.29) is 5.78 Å². The fourth-order valence-corrected chi connectivity index (χ4v) is 2.56. The third kappa shape index (κ3) is 2.80. The smallest absolute Gasteiger partial charge is 0.197 e. The zero-order valence-corrected chi connectivity index (χ0v) is 13.7. The fraction of sp³-hybridized carbons (Fsp3) is 0.188. The maximum atomic E-state index is 12.7. The van der Waals surface area contributed by atoms with E-state index in [0.29, 0.717) is 22.6 Å². The van der Waals surface area contributed by atoms with E-state index in [1.54, 1.807) is 32.4 Å². The van der Waals surface area contributed by atoms with Crippen LogP contribution in [0.2, 0.25) is 0 Å². The normalized spacial score (nSPS) is 10.2. The average molecular weight is 382 g/mol. The highest BCUT2D eigenvalue weighted by molar-refractivity contribution is 14.1. The van der Waals surface area contributed by atoms with Crippen molar-refractivity contribution in [2.45, 2.75) is 6.92 Å². The van der Waals surface area contributed by atoms with E-state index in [2.05, 4.69) is 22.6 Å². The number of methoxy groups -OCH3 is 2. The highest BCUT2D eigenvalue weighted by Gasteiger charge is 2.18. The number of hydrogen-bond acceptors (Lipinski definition) is 3. The van der Waals surface area contributed by atoms with Crippen molar-refractivity contribution in [2.75, 3.05) is 14.2 Å². The summed E-state index contributed by atoms with van der Waals surface area (Å²) in [6.07, 6.45) is 0. The summed E-state index contributed by atoms with van der Waals surface area (Å²) >= 11 is 2.20. The first-order valence-electron chi connectivity index (χ1n) is 6.10. The highest BCUT2D eigenvalue weighted by Crippen LogP contribution is 2.28.